The van der Waals surface area contributed by atoms with Gasteiger partial charge in [-0.15, -0.1) is 0 Å². The van der Waals surface area contributed by atoms with Crippen molar-refractivity contribution < 1.29 is 4.79 Å². The number of carbonyl (C=O) groups excluding carboxylic acids is 1. The van der Waals surface area contributed by atoms with Gasteiger partial charge in [0.25, 0.3) is 0 Å². The smallest absolute Gasteiger partial charge is 0.229 e. The van der Waals surface area contributed by atoms with E-state index in [9.17, 15) is 4.79 Å². The lowest BCUT2D eigenvalue weighted by molar-refractivity contribution is -0.116. The maximum absolute atomic E-state index is 10.4. The molecule has 1 heterocycles. The molecule has 0 saturated heterocycles. The summed E-state index contributed by atoms with van der Waals surface area (Å²) in [5.41, 5.74) is 1.87. The van der Waals surface area contributed by atoms with Gasteiger partial charge in [0.2, 0.25) is 6.41 Å². The summed E-state index contributed by atoms with van der Waals surface area (Å²) in [5, 5.41) is 3.93. The Hall–Kier alpha value is -2.14. The van der Waals surface area contributed by atoms with E-state index in [4.69, 9.17) is 5.84 Å². The molecule has 0 fully saturated rings. The average molecular weight is 202 g/mol. The van der Waals surface area contributed by atoms with Crippen LogP contribution < -0.4 is 11.2 Å². The molecule has 0 atom stereocenters. The van der Waals surface area contributed by atoms with Crippen LogP contribution in [0.4, 0.5) is 5.69 Å². The summed E-state index contributed by atoms with van der Waals surface area (Å²) in [5.74, 6) is 5.76. The number of hydrogen-bond donors (Lipinski definition) is 2. The van der Waals surface area contributed by atoms with E-state index in [1.807, 2.05) is 24.3 Å². The lowest BCUT2D eigenvalue weighted by atomic mass is 10.2. The van der Waals surface area contributed by atoms with Crippen LogP contribution in [0.2, 0.25) is 0 Å². The number of aliphatic imine (C=N–C) groups is 1. The Balaban J connectivity index is 2.33. The SMILES string of the molecule is NN(C=O)C1=CNc2ccccc2C=N1. The molecule has 1 amide bonds. The van der Waals surface area contributed by atoms with Crippen LogP contribution in [0.25, 0.3) is 0 Å². The van der Waals surface area contributed by atoms with Crippen LogP contribution in [0.3, 0.4) is 0 Å². The third-order valence-electron chi connectivity index (χ3n) is 2.03. The number of amides is 1. The largest absolute Gasteiger partial charge is 0.358 e. The topological polar surface area (TPSA) is 70.7 Å². The van der Waals surface area contributed by atoms with E-state index in [1.54, 1.807) is 12.4 Å². The van der Waals surface area contributed by atoms with Crippen LogP contribution >= 0.6 is 0 Å². The summed E-state index contributed by atoms with van der Waals surface area (Å²) in [7, 11) is 0. The van der Waals surface area contributed by atoms with Gasteiger partial charge in [0.15, 0.2) is 5.82 Å². The van der Waals surface area contributed by atoms with E-state index in [0.717, 1.165) is 16.3 Å². The van der Waals surface area contributed by atoms with Gasteiger partial charge < -0.3 is 5.32 Å². The summed E-state index contributed by atoms with van der Waals surface area (Å²) < 4.78 is 0. The highest BCUT2D eigenvalue weighted by atomic mass is 16.1. The van der Waals surface area contributed by atoms with Crippen molar-refractivity contribution in [3.05, 3.63) is 41.8 Å². The molecule has 0 radical (unpaired) electrons. The number of benzene rings is 1. The predicted octanol–water partition coefficient (Wildman–Crippen LogP) is 0.662. The zero-order valence-electron chi connectivity index (χ0n) is 7.92. The van der Waals surface area contributed by atoms with Crippen molar-refractivity contribution in [1.82, 2.24) is 5.01 Å². The molecule has 1 aromatic carbocycles. The van der Waals surface area contributed by atoms with Crippen molar-refractivity contribution in [1.29, 1.82) is 0 Å². The first kappa shape index (κ1) is 9.42. The molecular formula is C10H10N4O. The van der Waals surface area contributed by atoms with Crippen LogP contribution in [-0.4, -0.2) is 17.6 Å². The monoisotopic (exact) mass is 202 g/mol. The Labute approximate surface area is 86.9 Å². The first-order valence-corrected chi connectivity index (χ1v) is 4.40. The third kappa shape index (κ3) is 1.87. The fourth-order valence-corrected chi connectivity index (χ4v) is 1.25. The molecule has 2 rings (SSSR count). The highest BCUT2D eigenvalue weighted by Gasteiger charge is 2.06. The number of hydrazine groups is 1. The van der Waals surface area contributed by atoms with Gasteiger partial charge in [-0.25, -0.2) is 15.8 Å². The van der Waals surface area contributed by atoms with E-state index < -0.39 is 0 Å². The molecule has 5 nitrogen and oxygen atoms in total. The molecule has 5 heteroatoms. The predicted molar refractivity (Wildman–Crippen MR) is 57.8 cm³/mol. The quantitative estimate of drug-likeness (QED) is 0.320. The molecule has 0 aliphatic carbocycles. The molecular weight excluding hydrogens is 192 g/mol. The molecule has 76 valence electrons. The van der Waals surface area contributed by atoms with Gasteiger partial charge in [0, 0.05) is 23.7 Å². The minimum absolute atomic E-state index is 0.362. The molecule has 15 heavy (non-hydrogen) atoms. The van der Waals surface area contributed by atoms with Crippen molar-refractivity contribution >= 4 is 18.3 Å². The van der Waals surface area contributed by atoms with Crippen molar-refractivity contribution in [3.63, 3.8) is 0 Å². The Kier molecular flexibility index (Phi) is 2.47. The summed E-state index contributed by atoms with van der Waals surface area (Å²) in [6, 6.07) is 7.67. The van der Waals surface area contributed by atoms with Crippen LogP contribution in [0.5, 0.6) is 0 Å². The Morgan fingerprint density at radius 2 is 2.20 bits per heavy atom. The standard InChI is InChI=1S/C10H10N4O/c11-14(7-15)10-6-12-9-4-2-1-3-8(9)5-13-10/h1-7,12H,11H2. The zero-order chi connectivity index (χ0) is 10.7. The Morgan fingerprint density at radius 3 is 3.00 bits per heavy atom. The number of anilines is 1. The fraction of sp³-hybridized carbons (Fsp3) is 0. The number of nitrogens with two attached hydrogens (primary N) is 1. The summed E-state index contributed by atoms with van der Waals surface area (Å²) >= 11 is 0. The molecule has 0 spiro atoms. The van der Waals surface area contributed by atoms with Gasteiger partial charge in [-0.2, -0.15) is 0 Å². The lowest BCUT2D eigenvalue weighted by Gasteiger charge is -2.08. The number of nitrogens with one attached hydrogen (secondary N) is 1. The Morgan fingerprint density at radius 1 is 1.40 bits per heavy atom. The minimum Gasteiger partial charge on any atom is -0.358 e. The van der Waals surface area contributed by atoms with Gasteiger partial charge in [-0.05, 0) is 6.07 Å². The fourth-order valence-electron chi connectivity index (χ4n) is 1.25. The van der Waals surface area contributed by atoms with Crippen LogP contribution in [0.1, 0.15) is 5.56 Å². The summed E-state index contributed by atoms with van der Waals surface area (Å²) in [4.78, 5) is 14.5. The highest BCUT2D eigenvalue weighted by molar-refractivity contribution is 5.89. The Bertz CT molecular complexity index is 439. The van der Waals surface area contributed by atoms with E-state index in [-0.39, 0.29) is 0 Å². The molecule has 1 aromatic rings. The molecule has 0 unspecified atom stereocenters. The maximum Gasteiger partial charge on any atom is 0.229 e. The van der Waals surface area contributed by atoms with E-state index in [2.05, 4.69) is 10.3 Å². The second kappa shape index (κ2) is 3.93. The second-order valence-corrected chi connectivity index (χ2v) is 3.01. The van der Waals surface area contributed by atoms with E-state index >= 15 is 0 Å². The number of hydrogen-bond acceptors (Lipinski definition) is 4. The number of para-hydroxylation sites is 1. The number of nitrogens with zero attached hydrogens (tertiary/aromatic N) is 2. The van der Waals surface area contributed by atoms with Crippen molar-refractivity contribution in [2.75, 3.05) is 5.32 Å². The molecule has 3 N–H and O–H groups in total. The molecule has 0 bridgehead atoms. The molecule has 1 aliphatic rings. The van der Waals surface area contributed by atoms with Crippen molar-refractivity contribution in [2.24, 2.45) is 10.8 Å². The van der Waals surface area contributed by atoms with Crippen LogP contribution in [0, 0.1) is 0 Å². The summed E-state index contributed by atoms with van der Waals surface area (Å²) in [6.07, 6.45) is 3.74. The average Bonchev–Trinajstić information content (AvgIpc) is 2.50. The molecule has 1 aliphatic heterocycles. The first-order chi connectivity index (χ1) is 7.31. The second-order valence-electron chi connectivity index (χ2n) is 3.01. The third-order valence-corrected chi connectivity index (χ3v) is 2.03. The van der Waals surface area contributed by atoms with Crippen LogP contribution in [0.15, 0.2) is 41.3 Å². The molecule has 0 aromatic heterocycles. The number of fused-ring (bicyclic) bond motifs is 1. The number of carbonyl (C=O) groups is 1. The van der Waals surface area contributed by atoms with Gasteiger partial charge in [-0.3, -0.25) is 4.79 Å². The lowest BCUT2D eigenvalue weighted by Crippen LogP contribution is -2.28. The minimum atomic E-state index is 0.362. The number of rotatable bonds is 2. The van der Waals surface area contributed by atoms with Gasteiger partial charge in [0.05, 0.1) is 0 Å². The highest BCUT2D eigenvalue weighted by Crippen LogP contribution is 2.16. The normalized spacial score (nSPS) is 13.3. The van der Waals surface area contributed by atoms with Crippen LogP contribution in [-0.2, 0) is 4.79 Å². The van der Waals surface area contributed by atoms with Gasteiger partial charge in [0.1, 0.15) is 0 Å². The zero-order valence-corrected chi connectivity index (χ0v) is 7.92. The van der Waals surface area contributed by atoms with Crippen molar-refractivity contribution in [3.8, 4) is 0 Å². The van der Waals surface area contributed by atoms with Crippen molar-refractivity contribution in [2.45, 2.75) is 0 Å². The van der Waals surface area contributed by atoms with Gasteiger partial charge in [-0.1, -0.05) is 18.2 Å². The van der Waals surface area contributed by atoms with E-state index in [1.165, 1.54) is 0 Å². The van der Waals surface area contributed by atoms with Gasteiger partial charge >= 0.3 is 0 Å². The molecule has 0 saturated carbocycles. The maximum atomic E-state index is 10.4. The summed E-state index contributed by atoms with van der Waals surface area (Å²) in [6.45, 7) is 0. The van der Waals surface area contributed by atoms with E-state index in [0.29, 0.717) is 12.2 Å². The first-order valence-electron chi connectivity index (χ1n) is 4.40.